The molecule has 1 saturated carbocycles. The van der Waals surface area contributed by atoms with E-state index in [2.05, 4.69) is 9.97 Å². The third-order valence-corrected chi connectivity index (χ3v) is 3.56. The van der Waals surface area contributed by atoms with Crippen LogP contribution in [0.5, 0.6) is 0 Å². The molecule has 0 unspecified atom stereocenters. The van der Waals surface area contributed by atoms with Crippen molar-refractivity contribution in [3.05, 3.63) is 27.4 Å². The second-order valence-electron chi connectivity index (χ2n) is 4.38. The molecule has 1 fully saturated rings. The van der Waals surface area contributed by atoms with Gasteiger partial charge in [-0.05, 0) is 32.6 Å². The molecule has 16 heavy (non-hydrogen) atoms. The van der Waals surface area contributed by atoms with Crippen LogP contribution in [-0.4, -0.2) is 17.1 Å². The lowest BCUT2D eigenvalue weighted by atomic mass is 9.79. The third-order valence-electron chi connectivity index (χ3n) is 3.56. The number of aryl methyl sites for hydroxylation is 1. The first-order valence-corrected chi connectivity index (χ1v) is 5.78. The minimum absolute atomic E-state index is 0.0201. The quantitative estimate of drug-likeness (QED) is 0.846. The van der Waals surface area contributed by atoms with Gasteiger partial charge in [0.05, 0.1) is 0 Å². The van der Waals surface area contributed by atoms with Gasteiger partial charge in [0.1, 0.15) is 11.4 Å². The summed E-state index contributed by atoms with van der Waals surface area (Å²) in [7, 11) is 1.68. The number of hydrogen-bond donors (Lipinski definition) is 1. The van der Waals surface area contributed by atoms with Crippen LogP contribution >= 0.6 is 0 Å². The fourth-order valence-electron chi connectivity index (χ4n) is 2.28. The van der Waals surface area contributed by atoms with Gasteiger partial charge in [-0.1, -0.05) is 6.92 Å². The molecule has 0 aromatic carbocycles. The molecular formula is C12H18N2O2. The number of H-pyrrole nitrogens is 1. The Bertz CT molecular complexity index is 441. The highest BCUT2D eigenvalue weighted by molar-refractivity contribution is 5.19. The average molecular weight is 222 g/mol. The van der Waals surface area contributed by atoms with Gasteiger partial charge in [-0.25, -0.2) is 4.98 Å². The number of hydrogen-bond acceptors (Lipinski definition) is 3. The third kappa shape index (κ3) is 1.57. The van der Waals surface area contributed by atoms with Crippen LogP contribution in [0.25, 0.3) is 0 Å². The Hall–Kier alpha value is -1.16. The number of aromatic amines is 1. The SMILES string of the molecule is CCc1c(C)nc(C2(OC)CCC2)[nH]c1=O. The van der Waals surface area contributed by atoms with Crippen LogP contribution in [0, 0.1) is 6.92 Å². The van der Waals surface area contributed by atoms with E-state index in [-0.39, 0.29) is 11.2 Å². The largest absolute Gasteiger partial charge is 0.370 e. The molecule has 2 rings (SSSR count). The maximum absolute atomic E-state index is 11.8. The van der Waals surface area contributed by atoms with E-state index in [9.17, 15) is 4.79 Å². The summed E-state index contributed by atoms with van der Waals surface area (Å²) in [6.07, 6.45) is 3.73. The predicted octanol–water partition coefficient (Wildman–Crippen LogP) is 1.67. The summed E-state index contributed by atoms with van der Waals surface area (Å²) in [6, 6.07) is 0. The molecule has 1 N–H and O–H groups in total. The Morgan fingerprint density at radius 2 is 2.19 bits per heavy atom. The van der Waals surface area contributed by atoms with Gasteiger partial charge in [-0.2, -0.15) is 0 Å². The van der Waals surface area contributed by atoms with Gasteiger partial charge < -0.3 is 9.72 Å². The molecule has 0 aliphatic heterocycles. The van der Waals surface area contributed by atoms with Crippen molar-refractivity contribution in [1.29, 1.82) is 0 Å². The van der Waals surface area contributed by atoms with Crippen LogP contribution < -0.4 is 5.56 Å². The van der Waals surface area contributed by atoms with Crippen LogP contribution in [0.2, 0.25) is 0 Å². The summed E-state index contributed by atoms with van der Waals surface area (Å²) < 4.78 is 5.51. The molecule has 0 spiro atoms. The molecule has 1 aliphatic carbocycles. The number of nitrogens with one attached hydrogen (secondary N) is 1. The molecule has 4 heteroatoms. The average Bonchev–Trinajstić information content (AvgIpc) is 2.16. The van der Waals surface area contributed by atoms with Gasteiger partial charge in [0, 0.05) is 18.4 Å². The van der Waals surface area contributed by atoms with Crippen molar-refractivity contribution in [2.75, 3.05) is 7.11 Å². The van der Waals surface area contributed by atoms with Crippen LogP contribution in [0.15, 0.2) is 4.79 Å². The minimum atomic E-state index is -0.337. The van der Waals surface area contributed by atoms with Crippen molar-refractivity contribution in [2.45, 2.75) is 45.1 Å². The Balaban J connectivity index is 2.48. The molecule has 0 bridgehead atoms. The van der Waals surface area contributed by atoms with Crippen molar-refractivity contribution < 1.29 is 4.74 Å². The molecule has 0 radical (unpaired) electrons. The minimum Gasteiger partial charge on any atom is -0.370 e. The molecular weight excluding hydrogens is 204 g/mol. The Morgan fingerprint density at radius 3 is 2.56 bits per heavy atom. The fraction of sp³-hybridized carbons (Fsp3) is 0.667. The smallest absolute Gasteiger partial charge is 0.254 e. The lowest BCUT2D eigenvalue weighted by molar-refractivity contribution is -0.0849. The zero-order valence-electron chi connectivity index (χ0n) is 10.1. The first-order valence-electron chi connectivity index (χ1n) is 5.78. The highest BCUT2D eigenvalue weighted by Gasteiger charge is 2.41. The lowest BCUT2D eigenvalue weighted by Crippen LogP contribution is -2.40. The Labute approximate surface area is 95.1 Å². The normalized spacial score (nSPS) is 18.2. The number of nitrogens with zero attached hydrogens (tertiary/aromatic N) is 1. The van der Waals surface area contributed by atoms with Crippen LogP contribution in [-0.2, 0) is 16.8 Å². The molecule has 0 atom stereocenters. The van der Waals surface area contributed by atoms with Gasteiger partial charge in [0.25, 0.3) is 5.56 Å². The lowest BCUT2D eigenvalue weighted by Gasteiger charge is -2.39. The molecule has 4 nitrogen and oxygen atoms in total. The van der Waals surface area contributed by atoms with Crippen molar-refractivity contribution in [3.63, 3.8) is 0 Å². The van der Waals surface area contributed by atoms with Crippen molar-refractivity contribution >= 4 is 0 Å². The van der Waals surface area contributed by atoms with E-state index < -0.39 is 0 Å². The van der Waals surface area contributed by atoms with Gasteiger partial charge in [-0.15, -0.1) is 0 Å². The van der Waals surface area contributed by atoms with Crippen molar-refractivity contribution in [2.24, 2.45) is 0 Å². The van der Waals surface area contributed by atoms with Crippen molar-refractivity contribution in [3.8, 4) is 0 Å². The monoisotopic (exact) mass is 222 g/mol. The summed E-state index contributed by atoms with van der Waals surface area (Å²) in [4.78, 5) is 19.2. The number of methoxy groups -OCH3 is 1. The summed E-state index contributed by atoms with van der Waals surface area (Å²) >= 11 is 0. The first-order chi connectivity index (χ1) is 7.63. The molecule has 88 valence electrons. The van der Waals surface area contributed by atoms with Crippen LogP contribution in [0.1, 0.15) is 43.3 Å². The van der Waals surface area contributed by atoms with E-state index in [1.165, 1.54) is 0 Å². The van der Waals surface area contributed by atoms with Crippen LogP contribution in [0.3, 0.4) is 0 Å². The molecule has 0 saturated heterocycles. The summed E-state index contributed by atoms with van der Waals surface area (Å²) in [5.41, 5.74) is 1.24. The second kappa shape index (κ2) is 4.01. The maximum Gasteiger partial charge on any atom is 0.254 e. The van der Waals surface area contributed by atoms with E-state index in [1.807, 2.05) is 13.8 Å². The van der Waals surface area contributed by atoms with E-state index in [1.54, 1.807) is 7.11 Å². The van der Waals surface area contributed by atoms with Crippen LogP contribution in [0.4, 0.5) is 0 Å². The highest BCUT2D eigenvalue weighted by atomic mass is 16.5. The van der Waals surface area contributed by atoms with E-state index in [4.69, 9.17) is 4.74 Å². The zero-order chi connectivity index (χ0) is 11.8. The topological polar surface area (TPSA) is 55.0 Å². The molecule has 1 aliphatic rings. The maximum atomic E-state index is 11.8. The number of rotatable bonds is 3. The second-order valence-corrected chi connectivity index (χ2v) is 4.38. The molecule has 1 aromatic rings. The fourth-order valence-corrected chi connectivity index (χ4v) is 2.28. The number of ether oxygens (including phenoxy) is 1. The highest BCUT2D eigenvalue weighted by Crippen LogP contribution is 2.42. The van der Waals surface area contributed by atoms with E-state index >= 15 is 0 Å². The van der Waals surface area contributed by atoms with Crippen molar-refractivity contribution in [1.82, 2.24) is 9.97 Å². The van der Waals surface area contributed by atoms with Gasteiger partial charge in [0.2, 0.25) is 0 Å². The molecule has 1 heterocycles. The van der Waals surface area contributed by atoms with Gasteiger partial charge in [-0.3, -0.25) is 4.79 Å². The summed E-state index contributed by atoms with van der Waals surface area (Å²) in [5, 5.41) is 0. The molecule has 0 amide bonds. The summed E-state index contributed by atoms with van der Waals surface area (Å²) in [6.45, 7) is 3.86. The zero-order valence-corrected chi connectivity index (χ0v) is 10.1. The van der Waals surface area contributed by atoms with Gasteiger partial charge in [0.15, 0.2) is 0 Å². The predicted molar refractivity (Wildman–Crippen MR) is 61.5 cm³/mol. The Kier molecular flexibility index (Phi) is 2.84. The van der Waals surface area contributed by atoms with Gasteiger partial charge >= 0.3 is 0 Å². The van der Waals surface area contributed by atoms with E-state index in [0.29, 0.717) is 12.2 Å². The first kappa shape index (κ1) is 11.3. The summed E-state index contributed by atoms with van der Waals surface area (Å²) in [5.74, 6) is 0.695. The Morgan fingerprint density at radius 1 is 1.50 bits per heavy atom. The molecule has 1 aromatic heterocycles. The number of aromatic nitrogens is 2. The van der Waals surface area contributed by atoms with E-state index in [0.717, 1.165) is 30.5 Å². The standard InChI is InChI=1S/C12H18N2O2/c1-4-9-8(2)13-11(14-10(9)15)12(16-3)6-5-7-12/h4-7H2,1-3H3,(H,13,14,15).